The highest BCUT2D eigenvalue weighted by Gasteiger charge is 2.54. The van der Waals surface area contributed by atoms with E-state index in [2.05, 4.69) is 0 Å². The molecule has 0 aliphatic carbocycles. The number of carboxylic acid groups (broad SMARTS) is 1. The summed E-state index contributed by atoms with van der Waals surface area (Å²) in [6.07, 6.45) is -11.4. The van der Waals surface area contributed by atoms with Gasteiger partial charge in [-0.1, -0.05) is 0 Å². The highest BCUT2D eigenvalue weighted by atomic mass is 32.2. The molecule has 0 spiro atoms. The zero-order chi connectivity index (χ0) is 16.6. The van der Waals surface area contributed by atoms with E-state index in [1.54, 1.807) is 0 Å². The lowest BCUT2D eigenvalue weighted by Crippen LogP contribution is -2.35. The van der Waals surface area contributed by atoms with E-state index in [-0.39, 0.29) is 4.31 Å². The van der Waals surface area contributed by atoms with Gasteiger partial charge < -0.3 is 5.11 Å². The zero-order valence-corrected chi connectivity index (χ0v) is 11.1. The first kappa shape index (κ1) is 18.0. The number of hydrogen-bond donors (Lipinski definition) is 1. The number of carbonyl (C=O) groups is 1. The molecule has 1 N–H and O–H groups in total. The van der Waals surface area contributed by atoms with Crippen LogP contribution in [0, 0.1) is 11.8 Å². The van der Waals surface area contributed by atoms with Gasteiger partial charge in [0, 0.05) is 13.1 Å². The number of halogens is 6. The van der Waals surface area contributed by atoms with Crippen molar-refractivity contribution >= 4 is 16.0 Å². The Kier molecular flexibility index (Phi) is 4.83. The summed E-state index contributed by atoms with van der Waals surface area (Å²) in [5.74, 6) is -7.71. The van der Waals surface area contributed by atoms with E-state index >= 15 is 0 Å². The standard InChI is InChI=1S/C9H11F6NO4S/c10-8(11,12)1-2-21(19,20)16-3-5(7(17)18)6(4-16)9(13,14)15/h5-6H,1-4H2,(H,17,18)/t5-,6-/m1/s1. The van der Waals surface area contributed by atoms with Gasteiger partial charge in [-0.3, -0.25) is 4.79 Å². The summed E-state index contributed by atoms with van der Waals surface area (Å²) >= 11 is 0. The molecule has 0 unspecified atom stereocenters. The van der Waals surface area contributed by atoms with Crippen molar-refractivity contribution in [3.05, 3.63) is 0 Å². The van der Waals surface area contributed by atoms with Crippen molar-refractivity contribution in [1.82, 2.24) is 4.31 Å². The third-order valence-corrected chi connectivity index (χ3v) is 4.87. The molecule has 12 heteroatoms. The third kappa shape index (κ3) is 4.73. The van der Waals surface area contributed by atoms with Gasteiger partial charge in [-0.2, -0.15) is 26.3 Å². The first-order chi connectivity index (χ1) is 9.24. The molecule has 0 radical (unpaired) electrons. The highest BCUT2D eigenvalue weighted by Crippen LogP contribution is 2.39. The molecule has 0 saturated carbocycles. The predicted octanol–water partition coefficient (Wildman–Crippen LogP) is 1.46. The van der Waals surface area contributed by atoms with Crippen molar-refractivity contribution in [3.63, 3.8) is 0 Å². The van der Waals surface area contributed by atoms with Crippen LogP contribution in [0.2, 0.25) is 0 Å². The number of nitrogens with zero attached hydrogens (tertiary/aromatic N) is 1. The van der Waals surface area contributed by atoms with Gasteiger partial charge in [-0.15, -0.1) is 0 Å². The molecule has 1 fully saturated rings. The van der Waals surface area contributed by atoms with Crippen LogP contribution in [0.3, 0.4) is 0 Å². The van der Waals surface area contributed by atoms with Crippen molar-refractivity contribution in [2.24, 2.45) is 11.8 Å². The minimum Gasteiger partial charge on any atom is -0.481 e. The maximum Gasteiger partial charge on any atom is 0.393 e. The summed E-state index contributed by atoms with van der Waals surface area (Å²) in [5.41, 5.74) is 0. The normalized spacial score (nSPS) is 25.2. The number of sulfonamides is 1. The molecule has 1 rings (SSSR count). The van der Waals surface area contributed by atoms with E-state index in [4.69, 9.17) is 5.11 Å². The molecule has 0 aromatic rings. The smallest absolute Gasteiger partial charge is 0.393 e. The number of hydrogen-bond acceptors (Lipinski definition) is 3. The van der Waals surface area contributed by atoms with E-state index in [0.29, 0.717) is 0 Å². The second-order valence-corrected chi connectivity index (χ2v) is 6.68. The number of alkyl halides is 6. The Morgan fingerprint density at radius 1 is 1.14 bits per heavy atom. The van der Waals surface area contributed by atoms with Gasteiger partial charge in [-0.25, -0.2) is 12.7 Å². The van der Waals surface area contributed by atoms with Gasteiger partial charge >= 0.3 is 18.3 Å². The molecule has 124 valence electrons. The second-order valence-electron chi connectivity index (χ2n) is 4.59. The van der Waals surface area contributed by atoms with Crippen molar-refractivity contribution < 1.29 is 44.7 Å². The molecule has 1 aliphatic rings. The molecule has 0 amide bonds. The van der Waals surface area contributed by atoms with Gasteiger partial charge in [0.05, 0.1) is 24.0 Å². The quantitative estimate of drug-likeness (QED) is 0.785. The number of rotatable bonds is 4. The highest BCUT2D eigenvalue weighted by molar-refractivity contribution is 7.89. The molecular weight excluding hydrogens is 332 g/mol. The fraction of sp³-hybridized carbons (Fsp3) is 0.889. The summed E-state index contributed by atoms with van der Waals surface area (Å²) in [5, 5.41) is 8.69. The van der Waals surface area contributed by atoms with Gasteiger partial charge in [0.25, 0.3) is 0 Å². The van der Waals surface area contributed by atoms with Crippen LogP contribution in [0.1, 0.15) is 6.42 Å². The lowest BCUT2D eigenvalue weighted by Gasteiger charge is -2.18. The minimum atomic E-state index is -4.95. The monoisotopic (exact) mass is 343 g/mol. The Bertz CT molecular complexity index is 499. The Morgan fingerprint density at radius 2 is 1.67 bits per heavy atom. The molecule has 0 bridgehead atoms. The van der Waals surface area contributed by atoms with E-state index in [1.807, 2.05) is 0 Å². The summed E-state index contributed by atoms with van der Waals surface area (Å²) in [4.78, 5) is 10.7. The molecule has 0 aromatic carbocycles. The van der Waals surface area contributed by atoms with E-state index in [9.17, 15) is 39.6 Å². The molecule has 0 aromatic heterocycles. The average Bonchev–Trinajstić information content (AvgIpc) is 2.70. The molecule has 1 aliphatic heterocycles. The maximum atomic E-state index is 12.6. The summed E-state index contributed by atoms with van der Waals surface area (Å²) < 4.78 is 97.2. The lowest BCUT2D eigenvalue weighted by atomic mass is 9.96. The number of carboxylic acids is 1. The van der Waals surface area contributed by atoms with Crippen molar-refractivity contribution in [2.45, 2.75) is 18.8 Å². The average molecular weight is 343 g/mol. The second kappa shape index (κ2) is 5.63. The molecule has 5 nitrogen and oxygen atoms in total. The molecule has 1 saturated heterocycles. The van der Waals surface area contributed by atoms with Crippen molar-refractivity contribution in [1.29, 1.82) is 0 Å². The maximum absolute atomic E-state index is 12.6. The SMILES string of the molecule is O=C(O)[C@@H]1CN(S(=O)(=O)CCC(F)(F)F)C[C@H]1C(F)(F)F. The van der Waals surface area contributed by atoms with Crippen molar-refractivity contribution in [3.8, 4) is 0 Å². The summed E-state index contributed by atoms with van der Waals surface area (Å²) in [7, 11) is -4.60. The van der Waals surface area contributed by atoms with Gasteiger partial charge in [0.15, 0.2) is 0 Å². The molecule has 2 atom stereocenters. The van der Waals surface area contributed by atoms with Crippen LogP contribution < -0.4 is 0 Å². The van der Waals surface area contributed by atoms with Gasteiger partial charge in [0.1, 0.15) is 0 Å². The fourth-order valence-corrected chi connectivity index (χ4v) is 3.47. The van der Waals surface area contributed by atoms with Crippen LogP contribution in [0.25, 0.3) is 0 Å². The van der Waals surface area contributed by atoms with E-state index < -0.39 is 65.4 Å². The molecule has 1 heterocycles. The van der Waals surface area contributed by atoms with Gasteiger partial charge in [-0.05, 0) is 0 Å². The molecule has 21 heavy (non-hydrogen) atoms. The Hall–Kier alpha value is -1.04. The van der Waals surface area contributed by atoms with Crippen LogP contribution in [-0.4, -0.2) is 55.0 Å². The van der Waals surface area contributed by atoms with Crippen molar-refractivity contribution in [2.75, 3.05) is 18.8 Å². The first-order valence-electron chi connectivity index (χ1n) is 5.58. The Labute approximate surface area is 115 Å². The topological polar surface area (TPSA) is 74.7 Å². The van der Waals surface area contributed by atoms with Gasteiger partial charge in [0.2, 0.25) is 10.0 Å². The Morgan fingerprint density at radius 3 is 2.00 bits per heavy atom. The van der Waals surface area contributed by atoms with Crippen LogP contribution in [0.4, 0.5) is 26.3 Å². The van der Waals surface area contributed by atoms with Crippen LogP contribution in [0.15, 0.2) is 0 Å². The third-order valence-electron chi connectivity index (χ3n) is 3.06. The first-order valence-corrected chi connectivity index (χ1v) is 7.19. The fourth-order valence-electron chi connectivity index (χ4n) is 1.95. The van der Waals surface area contributed by atoms with E-state index in [0.717, 1.165) is 0 Å². The van der Waals surface area contributed by atoms with Crippen LogP contribution in [0.5, 0.6) is 0 Å². The van der Waals surface area contributed by atoms with Crippen LogP contribution in [-0.2, 0) is 14.8 Å². The lowest BCUT2D eigenvalue weighted by molar-refractivity contribution is -0.187. The Balaban J connectivity index is 2.89. The minimum absolute atomic E-state index is 0.162. The van der Waals surface area contributed by atoms with E-state index in [1.165, 1.54) is 0 Å². The zero-order valence-electron chi connectivity index (χ0n) is 10.3. The molecular formula is C9H11F6NO4S. The summed E-state index contributed by atoms with van der Waals surface area (Å²) in [6, 6.07) is 0. The summed E-state index contributed by atoms with van der Waals surface area (Å²) in [6.45, 7) is -2.17. The number of aliphatic carboxylic acids is 1. The predicted molar refractivity (Wildman–Crippen MR) is 56.7 cm³/mol. The van der Waals surface area contributed by atoms with Crippen LogP contribution >= 0.6 is 0 Å². The largest absolute Gasteiger partial charge is 0.481 e.